The molecule has 0 unspecified atom stereocenters. The van der Waals surface area contributed by atoms with Gasteiger partial charge < -0.3 is 5.32 Å². The molecule has 0 aliphatic rings. The van der Waals surface area contributed by atoms with E-state index < -0.39 is 0 Å². The van der Waals surface area contributed by atoms with Gasteiger partial charge in [-0.15, -0.1) is 0 Å². The molecule has 72 valence electrons. The lowest BCUT2D eigenvalue weighted by Crippen LogP contribution is -2.24. The Kier molecular flexibility index (Phi) is 3.31. The maximum absolute atomic E-state index is 11.4. The van der Waals surface area contributed by atoms with Crippen LogP contribution in [0.3, 0.4) is 0 Å². The summed E-state index contributed by atoms with van der Waals surface area (Å²) >= 11 is 5.77. The lowest BCUT2D eigenvalue weighted by molar-refractivity contribution is 0.0948. The van der Waals surface area contributed by atoms with Crippen LogP contribution in [-0.4, -0.2) is 22.2 Å². The summed E-state index contributed by atoms with van der Waals surface area (Å²) in [5.74, 6) is -0.215. The van der Waals surface area contributed by atoms with Gasteiger partial charge in [-0.2, -0.15) is 5.10 Å². The molecule has 1 rings (SSSR count). The molecule has 13 heavy (non-hydrogen) atoms. The zero-order valence-electron chi connectivity index (χ0n) is 7.67. The summed E-state index contributed by atoms with van der Waals surface area (Å²) in [5, 5.41) is 7.02. The van der Waals surface area contributed by atoms with Crippen LogP contribution < -0.4 is 5.32 Å². The third-order valence-electron chi connectivity index (χ3n) is 1.53. The first-order valence-electron chi connectivity index (χ1n) is 4.12. The number of amides is 1. The number of rotatable bonds is 3. The molecule has 0 aliphatic carbocycles. The fourth-order valence-electron chi connectivity index (χ4n) is 0.936. The largest absolute Gasteiger partial charge is 0.351 e. The molecule has 0 aliphatic heterocycles. The van der Waals surface area contributed by atoms with Crippen LogP contribution in [0.25, 0.3) is 0 Å². The average molecular weight is 202 g/mol. The van der Waals surface area contributed by atoms with Crippen LogP contribution in [0.15, 0.2) is 6.20 Å². The Morgan fingerprint density at radius 3 is 2.92 bits per heavy atom. The molecule has 0 saturated carbocycles. The van der Waals surface area contributed by atoms with Crippen molar-refractivity contribution in [1.29, 1.82) is 0 Å². The van der Waals surface area contributed by atoms with E-state index in [0.717, 1.165) is 6.42 Å². The van der Waals surface area contributed by atoms with Crippen molar-refractivity contribution in [1.82, 2.24) is 15.1 Å². The van der Waals surface area contributed by atoms with E-state index in [1.807, 2.05) is 6.92 Å². The summed E-state index contributed by atoms with van der Waals surface area (Å²) in [6, 6.07) is 0. The zero-order chi connectivity index (χ0) is 9.84. The van der Waals surface area contributed by atoms with Crippen molar-refractivity contribution in [2.75, 3.05) is 6.54 Å². The van der Waals surface area contributed by atoms with E-state index in [1.165, 1.54) is 4.68 Å². The monoisotopic (exact) mass is 201 g/mol. The summed E-state index contributed by atoms with van der Waals surface area (Å²) in [6.07, 6.45) is 2.50. The van der Waals surface area contributed by atoms with E-state index in [9.17, 15) is 4.79 Å². The Morgan fingerprint density at radius 1 is 1.77 bits per heavy atom. The Morgan fingerprint density at radius 2 is 2.46 bits per heavy atom. The van der Waals surface area contributed by atoms with Crippen molar-refractivity contribution in [3.8, 4) is 0 Å². The predicted octanol–water partition coefficient (Wildman–Crippen LogP) is 1.21. The van der Waals surface area contributed by atoms with E-state index in [4.69, 9.17) is 11.6 Å². The lowest BCUT2D eigenvalue weighted by Gasteiger charge is -1.99. The highest BCUT2D eigenvalue weighted by molar-refractivity contribution is 6.33. The third kappa shape index (κ3) is 2.45. The van der Waals surface area contributed by atoms with Gasteiger partial charge in [0.05, 0.1) is 5.02 Å². The number of aromatic nitrogens is 2. The standard InChI is InChI=1S/C8H12ClN3O/c1-3-4-10-8(13)7-6(9)5-12(2)11-7/h5H,3-4H2,1-2H3,(H,10,13). The van der Waals surface area contributed by atoms with E-state index >= 15 is 0 Å². The Hall–Kier alpha value is -1.03. The molecule has 1 N–H and O–H groups in total. The summed E-state index contributed by atoms with van der Waals surface area (Å²) in [4.78, 5) is 11.4. The van der Waals surface area contributed by atoms with Crippen molar-refractivity contribution in [3.05, 3.63) is 16.9 Å². The van der Waals surface area contributed by atoms with Crippen LogP contribution in [0, 0.1) is 0 Å². The van der Waals surface area contributed by atoms with Crippen molar-refractivity contribution >= 4 is 17.5 Å². The number of hydrogen-bond donors (Lipinski definition) is 1. The number of nitrogens with one attached hydrogen (secondary N) is 1. The molecular formula is C8H12ClN3O. The first-order valence-corrected chi connectivity index (χ1v) is 4.50. The molecule has 1 aromatic rings. The van der Waals surface area contributed by atoms with Crippen molar-refractivity contribution in [2.45, 2.75) is 13.3 Å². The third-order valence-corrected chi connectivity index (χ3v) is 1.81. The van der Waals surface area contributed by atoms with Gasteiger partial charge in [-0.1, -0.05) is 18.5 Å². The Labute approximate surface area is 81.9 Å². The number of hydrogen-bond acceptors (Lipinski definition) is 2. The first-order chi connectivity index (χ1) is 6.15. The van der Waals surface area contributed by atoms with Gasteiger partial charge in [0, 0.05) is 19.8 Å². The average Bonchev–Trinajstić information content (AvgIpc) is 2.41. The number of halogens is 1. The minimum absolute atomic E-state index is 0.215. The number of carbonyl (C=O) groups is 1. The van der Waals surface area contributed by atoms with Gasteiger partial charge in [-0.3, -0.25) is 9.48 Å². The predicted molar refractivity (Wildman–Crippen MR) is 50.8 cm³/mol. The minimum atomic E-state index is -0.215. The molecule has 0 saturated heterocycles. The highest BCUT2D eigenvalue weighted by Gasteiger charge is 2.13. The van der Waals surface area contributed by atoms with Crippen LogP contribution in [0.4, 0.5) is 0 Å². The summed E-state index contributed by atoms with van der Waals surface area (Å²) in [5.41, 5.74) is 0.289. The molecule has 0 atom stereocenters. The lowest BCUT2D eigenvalue weighted by atomic mass is 10.4. The van der Waals surface area contributed by atoms with Gasteiger partial charge in [0.15, 0.2) is 5.69 Å². The molecular weight excluding hydrogens is 190 g/mol. The topological polar surface area (TPSA) is 46.9 Å². The van der Waals surface area contributed by atoms with Gasteiger partial charge >= 0.3 is 0 Å². The van der Waals surface area contributed by atoms with E-state index in [2.05, 4.69) is 10.4 Å². The van der Waals surface area contributed by atoms with Crippen LogP contribution in [0.2, 0.25) is 5.02 Å². The van der Waals surface area contributed by atoms with Gasteiger partial charge in [0.2, 0.25) is 0 Å². The highest BCUT2D eigenvalue weighted by Crippen LogP contribution is 2.12. The number of aryl methyl sites for hydroxylation is 1. The van der Waals surface area contributed by atoms with Crippen LogP contribution in [0.5, 0.6) is 0 Å². The molecule has 4 nitrogen and oxygen atoms in total. The zero-order valence-corrected chi connectivity index (χ0v) is 8.43. The molecule has 1 amide bonds. The fourth-order valence-corrected chi connectivity index (χ4v) is 1.20. The maximum Gasteiger partial charge on any atom is 0.273 e. The summed E-state index contributed by atoms with van der Waals surface area (Å²) in [7, 11) is 1.72. The second kappa shape index (κ2) is 4.28. The van der Waals surface area contributed by atoms with Gasteiger partial charge in [-0.25, -0.2) is 0 Å². The van der Waals surface area contributed by atoms with E-state index in [1.54, 1.807) is 13.2 Å². The second-order valence-electron chi connectivity index (χ2n) is 2.76. The van der Waals surface area contributed by atoms with Crippen LogP contribution >= 0.6 is 11.6 Å². The summed E-state index contributed by atoms with van der Waals surface area (Å²) < 4.78 is 1.52. The molecule has 0 spiro atoms. The molecule has 5 heteroatoms. The van der Waals surface area contributed by atoms with Gasteiger partial charge in [-0.05, 0) is 6.42 Å². The van der Waals surface area contributed by atoms with E-state index in [0.29, 0.717) is 11.6 Å². The highest BCUT2D eigenvalue weighted by atomic mass is 35.5. The van der Waals surface area contributed by atoms with Crippen molar-refractivity contribution in [3.63, 3.8) is 0 Å². The van der Waals surface area contributed by atoms with Gasteiger partial charge in [0.1, 0.15) is 0 Å². The molecule has 1 aromatic heterocycles. The van der Waals surface area contributed by atoms with Crippen molar-refractivity contribution in [2.24, 2.45) is 7.05 Å². The summed E-state index contributed by atoms with van der Waals surface area (Å²) in [6.45, 7) is 2.63. The molecule has 1 heterocycles. The van der Waals surface area contributed by atoms with Crippen LogP contribution in [0.1, 0.15) is 23.8 Å². The smallest absolute Gasteiger partial charge is 0.273 e. The molecule has 0 aromatic carbocycles. The molecule has 0 bridgehead atoms. The minimum Gasteiger partial charge on any atom is -0.351 e. The SMILES string of the molecule is CCCNC(=O)c1nn(C)cc1Cl. The second-order valence-corrected chi connectivity index (χ2v) is 3.16. The Bertz CT molecular complexity index is 308. The number of nitrogens with zero attached hydrogens (tertiary/aromatic N) is 2. The van der Waals surface area contributed by atoms with Crippen molar-refractivity contribution < 1.29 is 4.79 Å². The first kappa shape index (κ1) is 10.1. The normalized spacial score (nSPS) is 10.1. The Balaban J connectivity index is 2.70. The molecule has 0 radical (unpaired) electrons. The fraction of sp³-hybridized carbons (Fsp3) is 0.500. The number of carbonyl (C=O) groups excluding carboxylic acids is 1. The van der Waals surface area contributed by atoms with Crippen LogP contribution in [-0.2, 0) is 7.05 Å². The van der Waals surface area contributed by atoms with Gasteiger partial charge in [0.25, 0.3) is 5.91 Å². The quantitative estimate of drug-likeness (QED) is 0.799. The molecule has 0 fully saturated rings. The maximum atomic E-state index is 11.4. The van der Waals surface area contributed by atoms with E-state index in [-0.39, 0.29) is 11.6 Å².